The highest BCUT2D eigenvalue weighted by Crippen LogP contribution is 2.34. The van der Waals surface area contributed by atoms with Gasteiger partial charge in [0.1, 0.15) is 12.6 Å². The molecule has 0 saturated heterocycles. The fourth-order valence-electron chi connectivity index (χ4n) is 1.29. The molecule has 0 aliphatic rings. The van der Waals surface area contributed by atoms with Gasteiger partial charge in [0.2, 0.25) is 5.91 Å². The Morgan fingerprint density at radius 2 is 2.22 bits per heavy atom. The van der Waals surface area contributed by atoms with Crippen LogP contribution in [0.3, 0.4) is 0 Å². The third kappa shape index (κ3) is 3.41. The number of nitrogens with two attached hydrogens (primary N) is 2. The molecule has 7 nitrogen and oxygen atoms in total. The summed E-state index contributed by atoms with van der Waals surface area (Å²) in [6, 6.07) is 1.98. The number of carbonyl (C=O) groups is 1. The highest BCUT2D eigenvalue weighted by Gasteiger charge is 2.20. The summed E-state index contributed by atoms with van der Waals surface area (Å²) in [5.74, 6) is -0.646. The smallest absolute Gasteiger partial charge is 0.312 e. The van der Waals surface area contributed by atoms with Crippen LogP contribution in [0.4, 0.5) is 5.69 Å². The number of nitro benzene ring substituents is 1. The molecule has 1 aromatic rings. The number of primary amides is 1. The molecule has 0 aromatic heterocycles. The minimum Gasteiger partial charge on any atom is -0.484 e. The van der Waals surface area contributed by atoms with Gasteiger partial charge in [-0.3, -0.25) is 14.9 Å². The van der Waals surface area contributed by atoms with Gasteiger partial charge >= 0.3 is 5.69 Å². The van der Waals surface area contributed by atoms with Crippen molar-refractivity contribution in [3.63, 3.8) is 0 Å². The first-order valence-electron chi connectivity index (χ1n) is 4.95. The lowest BCUT2D eigenvalue weighted by atomic mass is 10.2. The summed E-state index contributed by atoms with van der Waals surface area (Å²) in [5, 5.41) is 10.9. The van der Waals surface area contributed by atoms with Gasteiger partial charge in [-0.15, -0.1) is 0 Å². The van der Waals surface area contributed by atoms with Crippen LogP contribution in [0.25, 0.3) is 0 Å². The van der Waals surface area contributed by atoms with Crippen molar-refractivity contribution in [1.82, 2.24) is 0 Å². The lowest BCUT2D eigenvalue weighted by molar-refractivity contribution is -0.386. The van der Waals surface area contributed by atoms with Gasteiger partial charge in [0.15, 0.2) is 5.75 Å². The molecule has 18 heavy (non-hydrogen) atoms. The van der Waals surface area contributed by atoms with E-state index in [0.29, 0.717) is 10.0 Å². The van der Waals surface area contributed by atoms with Gasteiger partial charge < -0.3 is 16.2 Å². The van der Waals surface area contributed by atoms with Crippen LogP contribution < -0.4 is 16.2 Å². The summed E-state index contributed by atoms with van der Waals surface area (Å²) >= 11 is 3.16. The molecule has 1 unspecified atom stereocenters. The third-order valence-electron chi connectivity index (χ3n) is 2.19. The number of ether oxygens (including phenoxy) is 1. The van der Waals surface area contributed by atoms with E-state index in [0.717, 1.165) is 0 Å². The summed E-state index contributed by atoms with van der Waals surface area (Å²) in [6.07, 6.45) is 0. The van der Waals surface area contributed by atoms with E-state index in [1.165, 1.54) is 6.07 Å². The molecular formula is C10H12BrN3O4. The van der Waals surface area contributed by atoms with Gasteiger partial charge in [0.05, 0.1) is 4.92 Å². The minimum absolute atomic E-state index is 0.0832. The normalized spacial score (nSPS) is 11.9. The van der Waals surface area contributed by atoms with Crippen molar-refractivity contribution in [2.45, 2.75) is 13.0 Å². The number of nitro groups is 1. The van der Waals surface area contributed by atoms with Crippen molar-refractivity contribution in [3.05, 3.63) is 32.3 Å². The Morgan fingerprint density at radius 1 is 1.61 bits per heavy atom. The van der Waals surface area contributed by atoms with Crippen LogP contribution in [0.1, 0.15) is 5.56 Å². The van der Waals surface area contributed by atoms with Crippen molar-refractivity contribution in [2.75, 3.05) is 6.61 Å². The molecule has 0 saturated carbocycles. The Morgan fingerprint density at radius 3 is 2.72 bits per heavy atom. The lowest BCUT2D eigenvalue weighted by Crippen LogP contribution is -2.41. The zero-order valence-corrected chi connectivity index (χ0v) is 11.1. The van der Waals surface area contributed by atoms with E-state index >= 15 is 0 Å². The van der Waals surface area contributed by atoms with Crippen molar-refractivity contribution in [2.24, 2.45) is 11.5 Å². The highest BCUT2D eigenvalue weighted by atomic mass is 79.9. The number of aryl methyl sites for hydroxylation is 1. The van der Waals surface area contributed by atoms with Crippen LogP contribution in [0, 0.1) is 17.0 Å². The Hall–Kier alpha value is -1.67. The Kier molecular flexibility index (Phi) is 4.62. The average Bonchev–Trinajstić information content (AvgIpc) is 2.26. The number of halogens is 1. The molecule has 1 atom stereocenters. The molecule has 1 rings (SSSR count). The standard InChI is InChI=1S/C10H12BrN3O4/c1-5-2-6(11)3-8(14(16)17)9(5)18-4-7(12)10(13)15/h2-3,7H,4,12H2,1H3,(H2,13,15). The zero-order chi connectivity index (χ0) is 13.9. The zero-order valence-electron chi connectivity index (χ0n) is 9.55. The van der Waals surface area contributed by atoms with E-state index in [-0.39, 0.29) is 18.0 Å². The molecule has 4 N–H and O–H groups in total. The number of hydrogen-bond donors (Lipinski definition) is 2. The molecule has 0 heterocycles. The van der Waals surface area contributed by atoms with E-state index in [1.807, 2.05) is 0 Å². The van der Waals surface area contributed by atoms with Crippen molar-refractivity contribution >= 4 is 27.5 Å². The Balaban J connectivity index is 3.00. The Bertz CT molecular complexity index is 492. The van der Waals surface area contributed by atoms with Crippen molar-refractivity contribution in [3.8, 4) is 5.75 Å². The summed E-state index contributed by atoms with van der Waals surface area (Å²) in [5.41, 5.74) is 10.7. The first-order valence-corrected chi connectivity index (χ1v) is 5.74. The van der Waals surface area contributed by atoms with Crippen LogP contribution in [0.2, 0.25) is 0 Å². The maximum Gasteiger partial charge on any atom is 0.312 e. The number of hydrogen-bond acceptors (Lipinski definition) is 5. The van der Waals surface area contributed by atoms with Gasteiger partial charge in [-0.1, -0.05) is 15.9 Å². The van der Waals surface area contributed by atoms with E-state index in [1.54, 1.807) is 13.0 Å². The average molecular weight is 318 g/mol. The van der Waals surface area contributed by atoms with E-state index in [2.05, 4.69) is 15.9 Å². The maximum atomic E-state index is 10.9. The fraction of sp³-hybridized carbons (Fsp3) is 0.300. The number of benzene rings is 1. The fourth-order valence-corrected chi connectivity index (χ4v) is 1.85. The number of amides is 1. The first-order chi connectivity index (χ1) is 8.32. The second-order valence-corrected chi connectivity index (χ2v) is 4.56. The summed E-state index contributed by atoms with van der Waals surface area (Å²) in [4.78, 5) is 21.1. The van der Waals surface area contributed by atoms with Gasteiger partial charge in [-0.25, -0.2) is 0 Å². The predicted molar refractivity (Wildman–Crippen MR) is 68.2 cm³/mol. The lowest BCUT2D eigenvalue weighted by Gasteiger charge is -2.12. The maximum absolute atomic E-state index is 10.9. The molecule has 1 amide bonds. The predicted octanol–water partition coefficient (Wildman–Crippen LogP) is 0.857. The molecule has 0 aliphatic carbocycles. The molecule has 8 heteroatoms. The molecule has 98 valence electrons. The second-order valence-electron chi connectivity index (χ2n) is 3.65. The van der Waals surface area contributed by atoms with Crippen LogP contribution >= 0.6 is 15.9 Å². The molecule has 0 spiro atoms. The number of carbonyl (C=O) groups excluding carboxylic acids is 1. The van der Waals surface area contributed by atoms with Gasteiger partial charge in [-0.05, 0) is 18.6 Å². The van der Waals surface area contributed by atoms with E-state index < -0.39 is 16.9 Å². The summed E-state index contributed by atoms with van der Waals surface area (Å²) in [7, 11) is 0. The summed E-state index contributed by atoms with van der Waals surface area (Å²) in [6.45, 7) is 1.45. The monoisotopic (exact) mass is 317 g/mol. The van der Waals surface area contributed by atoms with E-state index in [9.17, 15) is 14.9 Å². The highest BCUT2D eigenvalue weighted by molar-refractivity contribution is 9.10. The summed E-state index contributed by atoms with van der Waals surface area (Å²) < 4.78 is 5.79. The van der Waals surface area contributed by atoms with Crippen LogP contribution in [0.5, 0.6) is 5.75 Å². The molecular weight excluding hydrogens is 306 g/mol. The molecule has 0 bridgehead atoms. The first kappa shape index (κ1) is 14.4. The molecule has 0 aliphatic heterocycles. The second kappa shape index (κ2) is 5.78. The van der Waals surface area contributed by atoms with Gasteiger partial charge in [0, 0.05) is 10.5 Å². The van der Waals surface area contributed by atoms with Crippen molar-refractivity contribution < 1.29 is 14.5 Å². The molecule has 1 aromatic carbocycles. The number of nitrogens with zero attached hydrogens (tertiary/aromatic N) is 1. The topological polar surface area (TPSA) is 121 Å². The van der Waals surface area contributed by atoms with Gasteiger partial charge in [0.25, 0.3) is 0 Å². The molecule has 0 fully saturated rings. The SMILES string of the molecule is Cc1cc(Br)cc([N+](=O)[O-])c1OCC(N)C(N)=O. The molecule has 0 radical (unpaired) electrons. The van der Waals surface area contributed by atoms with Crippen LogP contribution in [0.15, 0.2) is 16.6 Å². The minimum atomic E-state index is -1.01. The Labute approximate surface area is 111 Å². The third-order valence-corrected chi connectivity index (χ3v) is 2.65. The van der Waals surface area contributed by atoms with Crippen molar-refractivity contribution in [1.29, 1.82) is 0 Å². The van der Waals surface area contributed by atoms with Crippen LogP contribution in [-0.2, 0) is 4.79 Å². The quantitative estimate of drug-likeness (QED) is 0.616. The largest absolute Gasteiger partial charge is 0.484 e. The van der Waals surface area contributed by atoms with Gasteiger partial charge in [-0.2, -0.15) is 0 Å². The van der Waals surface area contributed by atoms with Crippen LogP contribution in [-0.4, -0.2) is 23.5 Å². The number of rotatable bonds is 5. The van der Waals surface area contributed by atoms with E-state index in [4.69, 9.17) is 16.2 Å².